The van der Waals surface area contributed by atoms with Crippen molar-refractivity contribution in [3.05, 3.63) is 42.7 Å². The number of benzene rings is 1. The van der Waals surface area contributed by atoms with Crippen LogP contribution in [0.4, 0.5) is 10.1 Å². The van der Waals surface area contributed by atoms with Crippen molar-refractivity contribution in [2.75, 3.05) is 11.9 Å². The molecule has 0 aromatic heterocycles. The molecular formula is C14H17FN2O2. The number of hydrogen-bond donors (Lipinski definition) is 2. The number of carbonyl (C=O) groups excluding carboxylic acids is 2. The van der Waals surface area contributed by atoms with E-state index in [0.717, 1.165) is 0 Å². The van der Waals surface area contributed by atoms with Gasteiger partial charge in [-0.25, -0.2) is 4.39 Å². The van der Waals surface area contributed by atoms with Crippen LogP contribution >= 0.6 is 0 Å². The second-order valence-electron chi connectivity index (χ2n) is 4.58. The van der Waals surface area contributed by atoms with E-state index in [0.29, 0.717) is 12.2 Å². The van der Waals surface area contributed by atoms with Gasteiger partial charge in [-0.3, -0.25) is 9.59 Å². The van der Waals surface area contributed by atoms with Gasteiger partial charge in [0.15, 0.2) is 0 Å². The fourth-order valence-electron chi connectivity index (χ4n) is 1.31. The van der Waals surface area contributed by atoms with Crippen molar-refractivity contribution < 1.29 is 14.0 Å². The first-order chi connectivity index (χ1) is 8.87. The molecule has 0 aliphatic carbocycles. The molecule has 1 rings (SSSR count). The summed E-state index contributed by atoms with van der Waals surface area (Å²) in [5.41, 5.74) is -0.784. The lowest BCUT2D eigenvalue weighted by atomic mass is 9.91. The van der Waals surface area contributed by atoms with Gasteiger partial charge in [0, 0.05) is 12.2 Å². The van der Waals surface area contributed by atoms with Crippen LogP contribution in [0.5, 0.6) is 0 Å². The van der Waals surface area contributed by atoms with Crippen LogP contribution < -0.4 is 10.6 Å². The molecule has 19 heavy (non-hydrogen) atoms. The van der Waals surface area contributed by atoms with Gasteiger partial charge in [0.25, 0.3) is 0 Å². The molecule has 102 valence electrons. The van der Waals surface area contributed by atoms with Gasteiger partial charge in [0.05, 0.1) is 0 Å². The minimum atomic E-state index is -1.22. The number of halogens is 1. The quantitative estimate of drug-likeness (QED) is 0.632. The maximum Gasteiger partial charge on any atom is 0.239 e. The van der Waals surface area contributed by atoms with Crippen molar-refractivity contribution >= 4 is 17.5 Å². The van der Waals surface area contributed by atoms with Crippen LogP contribution in [0.2, 0.25) is 0 Å². The maximum absolute atomic E-state index is 12.7. The molecule has 0 bridgehead atoms. The van der Waals surface area contributed by atoms with Gasteiger partial charge >= 0.3 is 0 Å². The van der Waals surface area contributed by atoms with Gasteiger partial charge in [-0.1, -0.05) is 6.08 Å². The Morgan fingerprint density at radius 2 is 1.84 bits per heavy atom. The van der Waals surface area contributed by atoms with E-state index in [9.17, 15) is 14.0 Å². The molecular weight excluding hydrogens is 247 g/mol. The molecule has 0 radical (unpaired) electrons. The molecule has 0 unspecified atom stereocenters. The van der Waals surface area contributed by atoms with E-state index in [1.54, 1.807) is 0 Å². The highest BCUT2D eigenvalue weighted by Gasteiger charge is 2.35. The number of rotatable bonds is 5. The minimum absolute atomic E-state index is 0.298. The van der Waals surface area contributed by atoms with Gasteiger partial charge in [0.2, 0.25) is 11.8 Å². The van der Waals surface area contributed by atoms with Crippen LogP contribution in [-0.4, -0.2) is 18.4 Å². The Kier molecular flexibility index (Phi) is 4.80. The van der Waals surface area contributed by atoms with E-state index in [1.807, 2.05) is 0 Å². The summed E-state index contributed by atoms with van der Waals surface area (Å²) in [6.07, 6.45) is 1.53. The first-order valence-corrected chi connectivity index (χ1v) is 5.84. The van der Waals surface area contributed by atoms with Crippen molar-refractivity contribution in [3.63, 3.8) is 0 Å². The minimum Gasteiger partial charge on any atom is -0.352 e. The summed E-state index contributed by atoms with van der Waals surface area (Å²) < 4.78 is 12.7. The van der Waals surface area contributed by atoms with E-state index < -0.39 is 17.2 Å². The van der Waals surface area contributed by atoms with Crippen LogP contribution in [0.25, 0.3) is 0 Å². The van der Waals surface area contributed by atoms with Gasteiger partial charge < -0.3 is 10.6 Å². The number of amides is 2. The maximum atomic E-state index is 12.7. The second-order valence-corrected chi connectivity index (χ2v) is 4.58. The summed E-state index contributed by atoms with van der Waals surface area (Å²) in [6.45, 7) is 6.82. The summed E-state index contributed by atoms with van der Waals surface area (Å²) in [7, 11) is 0. The number of carbonyl (C=O) groups is 2. The molecule has 0 atom stereocenters. The standard InChI is InChI=1S/C14H17FN2O2/c1-4-9-16-12(18)14(2,3)13(19)17-11-7-5-10(15)6-8-11/h4-8H,1,9H2,2-3H3,(H,16,18)(H,17,19). The summed E-state index contributed by atoms with van der Waals surface area (Å²) in [4.78, 5) is 23.9. The lowest BCUT2D eigenvalue weighted by molar-refractivity contribution is -0.138. The summed E-state index contributed by atoms with van der Waals surface area (Å²) in [5.74, 6) is -1.24. The highest BCUT2D eigenvalue weighted by atomic mass is 19.1. The smallest absolute Gasteiger partial charge is 0.239 e. The molecule has 0 aliphatic rings. The topological polar surface area (TPSA) is 58.2 Å². The lowest BCUT2D eigenvalue weighted by Crippen LogP contribution is -2.45. The first-order valence-electron chi connectivity index (χ1n) is 5.84. The van der Waals surface area contributed by atoms with Crippen molar-refractivity contribution in [1.29, 1.82) is 0 Å². The van der Waals surface area contributed by atoms with Gasteiger partial charge in [-0.2, -0.15) is 0 Å². The average molecular weight is 264 g/mol. The summed E-state index contributed by atoms with van der Waals surface area (Å²) >= 11 is 0. The monoisotopic (exact) mass is 264 g/mol. The van der Waals surface area contributed by atoms with Crippen LogP contribution in [0, 0.1) is 11.2 Å². The fraction of sp³-hybridized carbons (Fsp3) is 0.286. The Balaban J connectivity index is 2.72. The fourth-order valence-corrected chi connectivity index (χ4v) is 1.31. The molecule has 0 aliphatic heterocycles. The number of hydrogen-bond acceptors (Lipinski definition) is 2. The van der Waals surface area contributed by atoms with Crippen molar-refractivity contribution in [2.45, 2.75) is 13.8 Å². The third-order valence-electron chi connectivity index (χ3n) is 2.64. The van der Waals surface area contributed by atoms with Gasteiger partial charge in [-0.05, 0) is 38.1 Å². The molecule has 5 heteroatoms. The Bertz CT molecular complexity index is 481. The number of nitrogens with one attached hydrogen (secondary N) is 2. The van der Waals surface area contributed by atoms with E-state index in [1.165, 1.54) is 44.2 Å². The molecule has 2 amide bonds. The van der Waals surface area contributed by atoms with Crippen molar-refractivity contribution in [1.82, 2.24) is 5.32 Å². The van der Waals surface area contributed by atoms with E-state index >= 15 is 0 Å². The molecule has 1 aromatic carbocycles. The Morgan fingerprint density at radius 3 is 2.37 bits per heavy atom. The third-order valence-corrected chi connectivity index (χ3v) is 2.64. The lowest BCUT2D eigenvalue weighted by Gasteiger charge is -2.22. The van der Waals surface area contributed by atoms with E-state index in [-0.39, 0.29) is 5.82 Å². The van der Waals surface area contributed by atoms with Gasteiger partial charge in [-0.15, -0.1) is 6.58 Å². The second kappa shape index (κ2) is 6.13. The van der Waals surface area contributed by atoms with Crippen LogP contribution in [0.15, 0.2) is 36.9 Å². The largest absolute Gasteiger partial charge is 0.352 e. The normalized spacial score (nSPS) is 10.7. The average Bonchev–Trinajstić information content (AvgIpc) is 2.38. The zero-order chi connectivity index (χ0) is 14.5. The molecule has 0 saturated carbocycles. The zero-order valence-corrected chi connectivity index (χ0v) is 11.0. The SMILES string of the molecule is C=CCNC(=O)C(C)(C)C(=O)Nc1ccc(F)cc1. The van der Waals surface area contributed by atoms with E-state index in [4.69, 9.17) is 0 Å². The first kappa shape index (κ1) is 14.9. The van der Waals surface area contributed by atoms with Gasteiger partial charge in [0.1, 0.15) is 11.2 Å². The molecule has 0 heterocycles. The highest BCUT2D eigenvalue weighted by Crippen LogP contribution is 2.19. The summed E-state index contributed by atoms with van der Waals surface area (Å²) in [5, 5.41) is 5.15. The molecule has 2 N–H and O–H groups in total. The summed E-state index contributed by atoms with van der Waals surface area (Å²) in [6, 6.07) is 5.34. The van der Waals surface area contributed by atoms with Crippen molar-refractivity contribution in [3.8, 4) is 0 Å². The molecule has 0 fully saturated rings. The van der Waals surface area contributed by atoms with Crippen LogP contribution in [0.1, 0.15) is 13.8 Å². The van der Waals surface area contributed by atoms with E-state index in [2.05, 4.69) is 17.2 Å². The Hall–Kier alpha value is -2.17. The zero-order valence-electron chi connectivity index (χ0n) is 11.0. The Morgan fingerprint density at radius 1 is 1.26 bits per heavy atom. The number of anilines is 1. The predicted octanol–water partition coefficient (Wildman–Crippen LogP) is 2.09. The van der Waals surface area contributed by atoms with Crippen molar-refractivity contribution in [2.24, 2.45) is 5.41 Å². The molecule has 1 aromatic rings. The predicted molar refractivity (Wildman–Crippen MR) is 72.0 cm³/mol. The van der Waals surface area contributed by atoms with Crippen LogP contribution in [-0.2, 0) is 9.59 Å². The highest BCUT2D eigenvalue weighted by molar-refractivity contribution is 6.09. The van der Waals surface area contributed by atoms with Crippen LogP contribution in [0.3, 0.4) is 0 Å². The molecule has 4 nitrogen and oxygen atoms in total. The molecule has 0 saturated heterocycles. The Labute approximate surface area is 111 Å². The molecule has 0 spiro atoms. The third kappa shape index (κ3) is 3.91.